The summed E-state index contributed by atoms with van der Waals surface area (Å²) in [6.45, 7) is 1.88. The van der Waals surface area contributed by atoms with Gasteiger partial charge in [0.1, 0.15) is 0 Å². The molecular weight excluding hydrogens is 222 g/mol. The summed E-state index contributed by atoms with van der Waals surface area (Å²) in [5.41, 5.74) is 1.77. The van der Waals surface area contributed by atoms with Gasteiger partial charge in [0.25, 0.3) is 0 Å². The van der Waals surface area contributed by atoms with E-state index in [0.29, 0.717) is 5.78 Å². The van der Waals surface area contributed by atoms with Crippen molar-refractivity contribution < 1.29 is 4.79 Å². The zero-order chi connectivity index (χ0) is 11.2. The summed E-state index contributed by atoms with van der Waals surface area (Å²) in [5.74, 6) is 0.312. The molecule has 1 aromatic carbocycles. The van der Waals surface area contributed by atoms with E-state index in [0.717, 1.165) is 48.5 Å². The number of carbonyl (C=O) groups is 1. The van der Waals surface area contributed by atoms with E-state index in [-0.39, 0.29) is 5.41 Å². The van der Waals surface area contributed by atoms with Crippen LogP contribution in [0.5, 0.6) is 0 Å². The maximum absolute atomic E-state index is 12.4. The number of fused-ring (bicyclic) bond motifs is 1. The monoisotopic (exact) mass is 235 g/mol. The molecule has 0 unspecified atom stereocenters. The van der Waals surface area contributed by atoms with Crippen molar-refractivity contribution >= 4 is 17.4 Å². The van der Waals surface area contributed by atoms with Gasteiger partial charge < -0.3 is 5.32 Å². The molecule has 16 heavy (non-hydrogen) atoms. The van der Waals surface area contributed by atoms with Crippen LogP contribution in [-0.4, -0.2) is 18.9 Å². The van der Waals surface area contributed by atoms with Crippen LogP contribution in [-0.2, 0) is 6.42 Å². The van der Waals surface area contributed by atoms with Crippen LogP contribution in [0.25, 0.3) is 0 Å². The van der Waals surface area contributed by atoms with Gasteiger partial charge >= 0.3 is 0 Å². The van der Waals surface area contributed by atoms with Gasteiger partial charge in [-0.25, -0.2) is 0 Å². The Morgan fingerprint density at radius 3 is 2.69 bits per heavy atom. The van der Waals surface area contributed by atoms with E-state index < -0.39 is 0 Å². The predicted octanol–water partition coefficient (Wildman–Crippen LogP) is 2.45. The molecule has 0 bridgehead atoms. The quantitative estimate of drug-likeness (QED) is 0.749. The van der Waals surface area contributed by atoms with Crippen molar-refractivity contribution in [3.63, 3.8) is 0 Å². The van der Waals surface area contributed by atoms with E-state index in [1.165, 1.54) is 0 Å². The first kappa shape index (κ1) is 10.3. The summed E-state index contributed by atoms with van der Waals surface area (Å²) in [7, 11) is 0. The zero-order valence-corrected chi connectivity index (χ0v) is 9.81. The van der Waals surface area contributed by atoms with Crippen LogP contribution in [0, 0.1) is 5.41 Å². The summed E-state index contributed by atoms with van der Waals surface area (Å²) in [6.07, 6.45) is 2.72. The van der Waals surface area contributed by atoms with Crippen LogP contribution in [0.2, 0.25) is 5.02 Å². The van der Waals surface area contributed by atoms with E-state index in [1.54, 1.807) is 0 Å². The second-order valence-electron chi connectivity index (χ2n) is 4.80. The smallest absolute Gasteiger partial charge is 0.169 e. The van der Waals surface area contributed by atoms with E-state index in [1.807, 2.05) is 18.2 Å². The van der Waals surface area contributed by atoms with Gasteiger partial charge in [0.05, 0.1) is 0 Å². The minimum Gasteiger partial charge on any atom is -0.317 e. The van der Waals surface area contributed by atoms with E-state index in [2.05, 4.69) is 5.32 Å². The summed E-state index contributed by atoms with van der Waals surface area (Å²) in [5, 5.41) is 4.06. The average molecular weight is 236 g/mol. The van der Waals surface area contributed by atoms with Crippen LogP contribution in [0.4, 0.5) is 0 Å². The number of Topliss-reactive ketones (excluding diaryl/α,β-unsaturated/α-hetero) is 1. The van der Waals surface area contributed by atoms with Crippen LogP contribution < -0.4 is 5.32 Å². The Hall–Kier alpha value is -0.860. The first-order valence-electron chi connectivity index (χ1n) is 5.76. The van der Waals surface area contributed by atoms with Gasteiger partial charge in [-0.2, -0.15) is 0 Å². The Bertz CT molecular complexity index is 449. The highest BCUT2D eigenvalue weighted by Crippen LogP contribution is 2.45. The Balaban J connectivity index is 2.05. The third kappa shape index (κ3) is 1.33. The Morgan fingerprint density at radius 2 is 2.00 bits per heavy atom. The van der Waals surface area contributed by atoms with E-state index >= 15 is 0 Å². The number of halogens is 1. The number of nitrogens with one attached hydrogen (secondary N) is 1. The molecule has 1 aliphatic carbocycles. The zero-order valence-electron chi connectivity index (χ0n) is 9.05. The number of rotatable bonds is 0. The highest BCUT2D eigenvalue weighted by Gasteiger charge is 2.46. The molecule has 1 spiro atoms. The lowest BCUT2D eigenvalue weighted by atomic mass is 9.75. The lowest BCUT2D eigenvalue weighted by Gasteiger charge is -2.32. The first-order chi connectivity index (χ1) is 7.73. The van der Waals surface area contributed by atoms with Gasteiger partial charge in [-0.15, -0.1) is 0 Å². The molecule has 1 aromatic rings. The minimum absolute atomic E-state index is 0.154. The van der Waals surface area contributed by atoms with Gasteiger partial charge in [-0.05, 0) is 44.0 Å². The second kappa shape index (κ2) is 3.57. The molecule has 0 atom stereocenters. The number of ketones is 1. The molecule has 0 saturated carbocycles. The van der Waals surface area contributed by atoms with Crippen LogP contribution >= 0.6 is 11.6 Å². The van der Waals surface area contributed by atoms with E-state index in [9.17, 15) is 4.79 Å². The molecule has 2 aliphatic rings. The predicted molar refractivity (Wildman–Crippen MR) is 64.0 cm³/mol. The molecule has 1 N–H and O–H groups in total. The lowest BCUT2D eigenvalue weighted by Crippen LogP contribution is -2.40. The topological polar surface area (TPSA) is 29.1 Å². The molecule has 3 rings (SSSR count). The molecule has 1 fully saturated rings. The Kier molecular flexibility index (Phi) is 2.30. The molecule has 84 valence electrons. The third-order valence-corrected chi connectivity index (χ3v) is 4.28. The molecule has 3 heteroatoms. The van der Waals surface area contributed by atoms with Gasteiger partial charge in [0, 0.05) is 16.0 Å². The van der Waals surface area contributed by atoms with Crippen molar-refractivity contribution in [2.45, 2.75) is 19.3 Å². The van der Waals surface area contributed by atoms with Crippen LogP contribution in [0.15, 0.2) is 18.2 Å². The molecule has 0 aromatic heterocycles. The molecule has 1 heterocycles. The van der Waals surface area contributed by atoms with Crippen molar-refractivity contribution in [2.24, 2.45) is 5.41 Å². The van der Waals surface area contributed by atoms with Gasteiger partial charge in [0.2, 0.25) is 0 Å². The molecule has 0 radical (unpaired) electrons. The molecule has 1 saturated heterocycles. The highest BCUT2D eigenvalue weighted by molar-refractivity contribution is 6.32. The Morgan fingerprint density at radius 1 is 1.25 bits per heavy atom. The van der Waals surface area contributed by atoms with Crippen molar-refractivity contribution in [2.75, 3.05) is 13.1 Å². The second-order valence-corrected chi connectivity index (χ2v) is 5.21. The van der Waals surface area contributed by atoms with Crippen molar-refractivity contribution in [1.82, 2.24) is 5.32 Å². The van der Waals surface area contributed by atoms with Gasteiger partial charge in [-0.1, -0.05) is 23.7 Å². The minimum atomic E-state index is -0.154. The maximum atomic E-state index is 12.4. The fourth-order valence-corrected chi connectivity index (χ4v) is 3.21. The van der Waals surface area contributed by atoms with Gasteiger partial charge in [0.15, 0.2) is 5.78 Å². The van der Waals surface area contributed by atoms with Crippen LogP contribution in [0.3, 0.4) is 0 Å². The number of hydrogen-bond acceptors (Lipinski definition) is 2. The van der Waals surface area contributed by atoms with Gasteiger partial charge in [-0.3, -0.25) is 4.79 Å². The van der Waals surface area contributed by atoms with Crippen molar-refractivity contribution in [3.05, 3.63) is 34.3 Å². The fourth-order valence-electron chi connectivity index (χ4n) is 2.96. The Labute approximate surface area is 100.0 Å². The van der Waals surface area contributed by atoms with Crippen LogP contribution in [0.1, 0.15) is 28.8 Å². The first-order valence-corrected chi connectivity index (χ1v) is 6.14. The fraction of sp³-hybridized carbons (Fsp3) is 0.462. The molecular formula is C13H14ClNO. The highest BCUT2D eigenvalue weighted by atomic mass is 35.5. The SMILES string of the molecule is O=C1c2cccc(Cl)c2CC12CCNCC2. The number of piperidine rings is 1. The average Bonchev–Trinajstić information content (AvgIpc) is 2.57. The molecule has 0 amide bonds. The summed E-state index contributed by atoms with van der Waals surface area (Å²) in [4.78, 5) is 12.4. The van der Waals surface area contributed by atoms with Crippen molar-refractivity contribution in [1.29, 1.82) is 0 Å². The maximum Gasteiger partial charge on any atom is 0.169 e. The lowest BCUT2D eigenvalue weighted by molar-refractivity contribution is 0.0762. The third-order valence-electron chi connectivity index (χ3n) is 3.92. The van der Waals surface area contributed by atoms with Crippen molar-refractivity contribution in [3.8, 4) is 0 Å². The normalized spacial score (nSPS) is 22.4. The number of hydrogen-bond donors (Lipinski definition) is 1. The summed E-state index contributed by atoms with van der Waals surface area (Å²) in [6, 6.07) is 5.67. The largest absolute Gasteiger partial charge is 0.317 e. The number of benzene rings is 1. The number of carbonyl (C=O) groups excluding carboxylic acids is 1. The molecule has 2 nitrogen and oxygen atoms in total. The standard InChI is InChI=1S/C13H14ClNO/c14-11-3-1-2-9-10(11)8-13(12(9)16)4-6-15-7-5-13/h1-3,15H,4-8H2. The van der Waals surface area contributed by atoms with E-state index in [4.69, 9.17) is 11.6 Å². The summed E-state index contributed by atoms with van der Waals surface area (Å²) < 4.78 is 0. The summed E-state index contributed by atoms with van der Waals surface area (Å²) >= 11 is 6.17. The molecule has 1 aliphatic heterocycles.